The Labute approximate surface area is 257 Å². The van der Waals surface area contributed by atoms with Crippen molar-refractivity contribution in [2.24, 2.45) is 11.7 Å². The molecule has 0 spiro atoms. The molecule has 4 amide bonds. The summed E-state index contributed by atoms with van der Waals surface area (Å²) in [6.45, 7) is 7.44. The van der Waals surface area contributed by atoms with Gasteiger partial charge < -0.3 is 30.5 Å². The van der Waals surface area contributed by atoms with Crippen LogP contribution in [0.3, 0.4) is 0 Å². The monoisotopic (exact) mass is 637 g/mol. The first-order valence-corrected chi connectivity index (χ1v) is 16.4. The number of benzene rings is 1. The molecule has 44 heavy (non-hydrogen) atoms. The SMILES string of the molecule is CC(C)C[C@H](NC(=O)/C=C/c1ccc(OP(=O)(O)O)cc1)C(=O)N1CCC[C@H]1C(=O)N[C@@H](CCC(N)=O)CN1CCOCC1. The van der Waals surface area contributed by atoms with Crippen molar-refractivity contribution >= 4 is 37.5 Å². The van der Waals surface area contributed by atoms with Gasteiger partial charge in [0.25, 0.3) is 0 Å². The molecule has 15 heteroatoms. The number of rotatable bonds is 15. The minimum Gasteiger partial charge on any atom is -0.404 e. The summed E-state index contributed by atoms with van der Waals surface area (Å²) in [6.07, 6.45) is 4.78. The summed E-state index contributed by atoms with van der Waals surface area (Å²) in [7, 11) is -4.68. The highest BCUT2D eigenvalue weighted by molar-refractivity contribution is 7.46. The third kappa shape index (κ3) is 12.0. The number of carbonyl (C=O) groups is 4. The van der Waals surface area contributed by atoms with Gasteiger partial charge in [-0.3, -0.25) is 33.9 Å². The second kappa shape index (κ2) is 16.7. The van der Waals surface area contributed by atoms with Gasteiger partial charge in [0.2, 0.25) is 23.6 Å². The molecule has 244 valence electrons. The van der Waals surface area contributed by atoms with Gasteiger partial charge in [0, 0.05) is 44.7 Å². The van der Waals surface area contributed by atoms with Crippen LogP contribution in [-0.2, 0) is 28.5 Å². The van der Waals surface area contributed by atoms with Gasteiger partial charge in [0.15, 0.2) is 0 Å². The number of hydrogen-bond donors (Lipinski definition) is 5. The average molecular weight is 638 g/mol. The van der Waals surface area contributed by atoms with Crippen molar-refractivity contribution in [1.29, 1.82) is 0 Å². The summed E-state index contributed by atoms with van der Waals surface area (Å²) in [5.74, 6) is -1.52. The summed E-state index contributed by atoms with van der Waals surface area (Å²) in [5.41, 5.74) is 5.95. The molecular weight excluding hydrogens is 593 g/mol. The van der Waals surface area contributed by atoms with E-state index < -0.39 is 31.7 Å². The van der Waals surface area contributed by atoms with Crippen LogP contribution in [0.15, 0.2) is 30.3 Å². The third-order valence-electron chi connectivity index (χ3n) is 7.36. The molecular formula is C29H44N5O9P. The van der Waals surface area contributed by atoms with Crippen molar-refractivity contribution in [2.75, 3.05) is 39.4 Å². The molecule has 0 saturated carbocycles. The number of primary amides is 1. The summed E-state index contributed by atoms with van der Waals surface area (Å²) in [5, 5.41) is 5.83. The number of hydrogen-bond acceptors (Lipinski definition) is 8. The predicted octanol–water partition coefficient (Wildman–Crippen LogP) is 0.776. The highest BCUT2D eigenvalue weighted by Gasteiger charge is 2.38. The molecule has 0 aromatic heterocycles. The molecule has 2 fully saturated rings. The number of morpholine rings is 1. The fourth-order valence-corrected chi connectivity index (χ4v) is 5.68. The van der Waals surface area contributed by atoms with Crippen LogP contribution in [0.5, 0.6) is 5.75 Å². The van der Waals surface area contributed by atoms with Crippen LogP contribution < -0.4 is 20.9 Å². The minimum atomic E-state index is -4.68. The van der Waals surface area contributed by atoms with E-state index in [1.807, 2.05) is 13.8 Å². The second-order valence-corrected chi connectivity index (χ2v) is 12.7. The third-order valence-corrected chi connectivity index (χ3v) is 7.81. The molecule has 3 atom stereocenters. The van der Waals surface area contributed by atoms with E-state index in [1.165, 1.54) is 41.3 Å². The normalized spacial score (nSPS) is 19.1. The maximum Gasteiger partial charge on any atom is 0.524 e. The largest absolute Gasteiger partial charge is 0.524 e. The second-order valence-electron chi connectivity index (χ2n) is 11.5. The first kappa shape index (κ1) is 35.2. The van der Waals surface area contributed by atoms with Crippen LogP contribution in [0.25, 0.3) is 6.08 Å². The maximum atomic E-state index is 13.7. The Morgan fingerprint density at radius 2 is 1.80 bits per heavy atom. The zero-order valence-corrected chi connectivity index (χ0v) is 26.1. The van der Waals surface area contributed by atoms with Crippen LogP contribution >= 0.6 is 7.82 Å². The van der Waals surface area contributed by atoms with Gasteiger partial charge >= 0.3 is 7.82 Å². The average Bonchev–Trinajstić information content (AvgIpc) is 3.44. The summed E-state index contributed by atoms with van der Waals surface area (Å²) in [6, 6.07) is 3.90. The number of phosphoric ester groups is 1. The summed E-state index contributed by atoms with van der Waals surface area (Å²) >= 11 is 0. The van der Waals surface area contributed by atoms with E-state index >= 15 is 0 Å². The number of likely N-dealkylation sites (tertiary alicyclic amines) is 1. The van der Waals surface area contributed by atoms with E-state index in [2.05, 4.69) is 20.1 Å². The topological polar surface area (TPSA) is 201 Å². The van der Waals surface area contributed by atoms with Crippen molar-refractivity contribution < 1.29 is 42.8 Å². The minimum absolute atomic E-state index is 0.0213. The summed E-state index contributed by atoms with van der Waals surface area (Å²) in [4.78, 5) is 73.0. The lowest BCUT2D eigenvalue weighted by Crippen LogP contribution is -2.56. The van der Waals surface area contributed by atoms with Gasteiger partial charge in [-0.2, -0.15) is 0 Å². The Hall–Kier alpha value is -3.29. The molecule has 1 aromatic carbocycles. The first-order chi connectivity index (χ1) is 20.8. The molecule has 1 aromatic rings. The lowest BCUT2D eigenvalue weighted by atomic mass is 10.0. The molecule has 6 N–H and O–H groups in total. The summed E-state index contributed by atoms with van der Waals surface area (Å²) < 4.78 is 20.9. The number of nitrogens with two attached hydrogens (primary N) is 1. The molecule has 3 rings (SSSR count). The number of nitrogens with one attached hydrogen (secondary N) is 2. The van der Waals surface area contributed by atoms with Crippen LogP contribution in [0.1, 0.15) is 51.5 Å². The van der Waals surface area contributed by atoms with E-state index in [1.54, 1.807) is 0 Å². The van der Waals surface area contributed by atoms with Crippen LogP contribution in [0.2, 0.25) is 0 Å². The van der Waals surface area contributed by atoms with Gasteiger partial charge in [-0.25, -0.2) is 4.57 Å². The van der Waals surface area contributed by atoms with E-state index in [0.29, 0.717) is 57.6 Å². The molecule has 0 unspecified atom stereocenters. The molecule has 2 aliphatic rings. The Kier molecular flexibility index (Phi) is 13.3. The Bertz CT molecular complexity index is 1210. The lowest BCUT2D eigenvalue weighted by Gasteiger charge is -2.33. The van der Waals surface area contributed by atoms with E-state index in [-0.39, 0.29) is 35.9 Å². The highest BCUT2D eigenvalue weighted by atomic mass is 31.2. The van der Waals surface area contributed by atoms with Gasteiger partial charge in [0.05, 0.1) is 13.2 Å². The zero-order valence-electron chi connectivity index (χ0n) is 25.2. The molecule has 2 heterocycles. The molecule has 0 aliphatic carbocycles. The smallest absolute Gasteiger partial charge is 0.404 e. The highest BCUT2D eigenvalue weighted by Crippen LogP contribution is 2.37. The van der Waals surface area contributed by atoms with Gasteiger partial charge in [-0.15, -0.1) is 0 Å². The Morgan fingerprint density at radius 1 is 1.11 bits per heavy atom. The molecule has 0 bridgehead atoms. The van der Waals surface area contributed by atoms with Crippen LogP contribution in [0, 0.1) is 5.92 Å². The predicted molar refractivity (Wildman–Crippen MR) is 162 cm³/mol. The van der Waals surface area contributed by atoms with Crippen molar-refractivity contribution in [1.82, 2.24) is 20.4 Å². The van der Waals surface area contributed by atoms with Gasteiger partial charge in [0.1, 0.15) is 17.8 Å². The quantitative estimate of drug-likeness (QED) is 0.135. The molecule has 2 aliphatic heterocycles. The van der Waals surface area contributed by atoms with Gasteiger partial charge in [-0.1, -0.05) is 26.0 Å². The lowest BCUT2D eigenvalue weighted by molar-refractivity contribution is -0.141. The fraction of sp³-hybridized carbons (Fsp3) is 0.586. The number of carbonyl (C=O) groups excluding carboxylic acids is 4. The molecule has 14 nitrogen and oxygen atoms in total. The standard InChI is InChI=1S/C29H44N5O9P/c1-20(2)18-24(32-27(36)12-7-21-5-9-23(10-6-21)43-44(39,40)41)29(38)34-13-3-4-25(34)28(37)31-22(8-11-26(30)35)19-33-14-16-42-17-15-33/h5-7,9-10,12,20,22,24-25H,3-4,8,11,13-19H2,1-2H3,(H2,30,35)(H,31,37)(H,32,36)(H2,39,40,41)/b12-7+/t22-,24-,25-/m0/s1. The number of amides is 4. The molecule has 2 saturated heterocycles. The number of phosphoric acid groups is 1. The van der Waals surface area contributed by atoms with E-state index in [4.69, 9.17) is 20.3 Å². The van der Waals surface area contributed by atoms with Crippen molar-refractivity contribution in [2.45, 2.75) is 64.1 Å². The Balaban J connectivity index is 1.64. The van der Waals surface area contributed by atoms with E-state index in [0.717, 1.165) is 13.1 Å². The van der Waals surface area contributed by atoms with Crippen molar-refractivity contribution in [3.63, 3.8) is 0 Å². The van der Waals surface area contributed by atoms with Gasteiger partial charge in [-0.05, 0) is 55.4 Å². The van der Waals surface area contributed by atoms with E-state index in [9.17, 15) is 23.7 Å². The fourth-order valence-electron chi connectivity index (χ4n) is 5.28. The first-order valence-electron chi connectivity index (χ1n) is 14.8. The molecule has 0 radical (unpaired) electrons. The zero-order chi connectivity index (χ0) is 32.3. The number of ether oxygens (including phenoxy) is 1. The van der Waals surface area contributed by atoms with Crippen LogP contribution in [-0.4, -0.2) is 101 Å². The van der Waals surface area contributed by atoms with Crippen LogP contribution in [0.4, 0.5) is 0 Å². The van der Waals surface area contributed by atoms with Crippen molar-refractivity contribution in [3.05, 3.63) is 35.9 Å². The van der Waals surface area contributed by atoms with Crippen molar-refractivity contribution in [3.8, 4) is 5.75 Å². The number of nitrogens with zero attached hydrogens (tertiary/aromatic N) is 2. The Morgan fingerprint density at radius 3 is 2.41 bits per heavy atom. The maximum absolute atomic E-state index is 13.7.